The van der Waals surface area contributed by atoms with Gasteiger partial charge in [-0.2, -0.15) is 0 Å². The summed E-state index contributed by atoms with van der Waals surface area (Å²) in [7, 11) is 0. The van der Waals surface area contributed by atoms with Crippen LogP contribution in [0, 0.1) is 13.8 Å². The van der Waals surface area contributed by atoms with Gasteiger partial charge >= 0.3 is 0 Å². The molecule has 0 aliphatic rings. The summed E-state index contributed by atoms with van der Waals surface area (Å²) in [6, 6.07) is 6.26. The first kappa shape index (κ1) is 11.2. The molecule has 4 heteroatoms. The van der Waals surface area contributed by atoms with E-state index >= 15 is 0 Å². The van der Waals surface area contributed by atoms with Crippen LogP contribution in [-0.2, 0) is 6.42 Å². The van der Waals surface area contributed by atoms with Crippen molar-refractivity contribution >= 4 is 11.3 Å². The summed E-state index contributed by atoms with van der Waals surface area (Å²) in [6.07, 6.45) is 0.808. The molecule has 2 N–H and O–H groups in total. The van der Waals surface area contributed by atoms with Gasteiger partial charge in [0, 0.05) is 12.0 Å². The Labute approximate surface area is 99.3 Å². The predicted molar refractivity (Wildman–Crippen MR) is 67.6 cm³/mol. The van der Waals surface area contributed by atoms with E-state index in [-0.39, 0.29) is 0 Å². The van der Waals surface area contributed by atoms with Crippen LogP contribution in [0.2, 0.25) is 0 Å². The number of aromatic nitrogens is 2. The van der Waals surface area contributed by atoms with E-state index in [1.165, 1.54) is 16.7 Å². The van der Waals surface area contributed by atoms with Crippen LogP contribution in [-0.4, -0.2) is 16.7 Å². The van der Waals surface area contributed by atoms with Crippen molar-refractivity contribution in [2.24, 2.45) is 5.73 Å². The zero-order chi connectivity index (χ0) is 11.5. The third-order valence-electron chi connectivity index (χ3n) is 2.66. The van der Waals surface area contributed by atoms with Crippen LogP contribution in [0.3, 0.4) is 0 Å². The maximum Gasteiger partial charge on any atom is 0.148 e. The molecule has 1 aromatic carbocycles. The number of nitrogens with zero attached hydrogens (tertiary/aromatic N) is 2. The molecule has 16 heavy (non-hydrogen) atoms. The normalized spacial score (nSPS) is 10.7. The molecule has 0 amide bonds. The molecule has 0 spiro atoms. The summed E-state index contributed by atoms with van der Waals surface area (Å²) in [6.45, 7) is 4.86. The van der Waals surface area contributed by atoms with Gasteiger partial charge in [0.25, 0.3) is 0 Å². The van der Waals surface area contributed by atoms with E-state index in [1.807, 2.05) is 0 Å². The lowest BCUT2D eigenvalue weighted by Crippen LogP contribution is -2.01. The Morgan fingerprint density at radius 1 is 1.25 bits per heavy atom. The second-order valence-electron chi connectivity index (χ2n) is 3.79. The fraction of sp³-hybridized carbons (Fsp3) is 0.333. The van der Waals surface area contributed by atoms with Gasteiger partial charge in [0.05, 0.1) is 0 Å². The fourth-order valence-corrected chi connectivity index (χ4v) is 2.51. The highest BCUT2D eigenvalue weighted by Crippen LogP contribution is 2.28. The maximum atomic E-state index is 5.50. The highest BCUT2D eigenvalue weighted by atomic mass is 32.1. The Balaban J connectivity index is 2.39. The Morgan fingerprint density at radius 3 is 2.81 bits per heavy atom. The second-order valence-corrected chi connectivity index (χ2v) is 4.85. The standard InChI is InChI=1S/C12H15N3S/c1-8-4-3-5-10(9(8)2)12-15-14-11(16-12)6-7-13/h3-5H,6-7,13H2,1-2H3. The largest absolute Gasteiger partial charge is 0.330 e. The van der Waals surface area contributed by atoms with Crippen molar-refractivity contribution in [2.75, 3.05) is 6.54 Å². The summed E-state index contributed by atoms with van der Waals surface area (Å²) in [5.41, 5.74) is 9.24. The third-order valence-corrected chi connectivity index (χ3v) is 3.68. The molecular weight excluding hydrogens is 218 g/mol. The Kier molecular flexibility index (Phi) is 3.31. The van der Waals surface area contributed by atoms with E-state index in [0.717, 1.165) is 16.4 Å². The van der Waals surface area contributed by atoms with Crippen LogP contribution in [0.15, 0.2) is 18.2 Å². The molecule has 0 radical (unpaired) electrons. The third kappa shape index (κ3) is 2.13. The SMILES string of the molecule is Cc1cccc(-c2nnc(CCN)s2)c1C. The minimum atomic E-state index is 0.626. The van der Waals surface area contributed by atoms with Gasteiger partial charge in [-0.15, -0.1) is 10.2 Å². The molecule has 1 heterocycles. The summed E-state index contributed by atoms with van der Waals surface area (Å²) in [5, 5.41) is 10.4. The van der Waals surface area contributed by atoms with Crippen LogP contribution in [0.1, 0.15) is 16.1 Å². The van der Waals surface area contributed by atoms with Crippen LogP contribution < -0.4 is 5.73 Å². The first-order chi connectivity index (χ1) is 7.72. The molecule has 0 saturated carbocycles. The van der Waals surface area contributed by atoms with E-state index < -0.39 is 0 Å². The van der Waals surface area contributed by atoms with E-state index in [2.05, 4.69) is 42.2 Å². The van der Waals surface area contributed by atoms with E-state index in [0.29, 0.717) is 6.54 Å². The smallest absolute Gasteiger partial charge is 0.148 e. The quantitative estimate of drug-likeness (QED) is 0.885. The molecule has 0 aliphatic heterocycles. The Morgan fingerprint density at radius 2 is 2.06 bits per heavy atom. The number of aryl methyl sites for hydroxylation is 1. The van der Waals surface area contributed by atoms with E-state index in [1.54, 1.807) is 11.3 Å². The lowest BCUT2D eigenvalue weighted by atomic mass is 10.0. The van der Waals surface area contributed by atoms with Crippen molar-refractivity contribution in [3.63, 3.8) is 0 Å². The van der Waals surface area contributed by atoms with Crippen LogP contribution in [0.25, 0.3) is 10.6 Å². The average molecular weight is 233 g/mol. The number of benzene rings is 1. The predicted octanol–water partition coefficient (Wildman–Crippen LogP) is 2.32. The lowest BCUT2D eigenvalue weighted by molar-refractivity contribution is 0.913. The van der Waals surface area contributed by atoms with E-state index in [9.17, 15) is 0 Å². The van der Waals surface area contributed by atoms with Crippen molar-refractivity contribution in [3.8, 4) is 10.6 Å². The maximum absolute atomic E-state index is 5.50. The molecule has 2 aromatic rings. The molecule has 0 unspecified atom stereocenters. The minimum Gasteiger partial charge on any atom is -0.330 e. The summed E-state index contributed by atoms with van der Waals surface area (Å²) in [4.78, 5) is 0. The van der Waals surface area contributed by atoms with Crippen molar-refractivity contribution in [2.45, 2.75) is 20.3 Å². The molecule has 0 saturated heterocycles. The fourth-order valence-electron chi connectivity index (χ4n) is 1.57. The molecule has 0 atom stereocenters. The topological polar surface area (TPSA) is 51.8 Å². The number of nitrogens with two attached hydrogens (primary N) is 1. The van der Waals surface area contributed by atoms with Crippen molar-refractivity contribution in [3.05, 3.63) is 34.3 Å². The zero-order valence-electron chi connectivity index (χ0n) is 9.53. The first-order valence-electron chi connectivity index (χ1n) is 5.31. The van der Waals surface area contributed by atoms with Gasteiger partial charge < -0.3 is 5.73 Å². The van der Waals surface area contributed by atoms with Gasteiger partial charge in [-0.3, -0.25) is 0 Å². The van der Waals surface area contributed by atoms with Crippen molar-refractivity contribution in [1.29, 1.82) is 0 Å². The summed E-state index contributed by atoms with van der Waals surface area (Å²) in [5.74, 6) is 0. The highest BCUT2D eigenvalue weighted by molar-refractivity contribution is 7.14. The molecule has 2 rings (SSSR count). The minimum absolute atomic E-state index is 0.626. The van der Waals surface area contributed by atoms with E-state index in [4.69, 9.17) is 5.73 Å². The Bertz CT molecular complexity index is 491. The average Bonchev–Trinajstić information content (AvgIpc) is 2.71. The van der Waals surface area contributed by atoms with Gasteiger partial charge in [-0.25, -0.2) is 0 Å². The molecular formula is C12H15N3S. The van der Waals surface area contributed by atoms with Gasteiger partial charge in [-0.1, -0.05) is 29.5 Å². The number of rotatable bonds is 3. The molecule has 3 nitrogen and oxygen atoms in total. The monoisotopic (exact) mass is 233 g/mol. The number of hydrogen-bond acceptors (Lipinski definition) is 4. The van der Waals surface area contributed by atoms with Crippen molar-refractivity contribution < 1.29 is 0 Å². The highest BCUT2D eigenvalue weighted by Gasteiger charge is 2.09. The second kappa shape index (κ2) is 4.72. The number of hydrogen-bond donors (Lipinski definition) is 1. The van der Waals surface area contributed by atoms with Gasteiger partial charge in [0.2, 0.25) is 0 Å². The van der Waals surface area contributed by atoms with Crippen LogP contribution >= 0.6 is 11.3 Å². The Hall–Kier alpha value is -1.26. The zero-order valence-corrected chi connectivity index (χ0v) is 10.3. The molecule has 0 aliphatic carbocycles. The first-order valence-corrected chi connectivity index (χ1v) is 6.13. The van der Waals surface area contributed by atoms with Crippen LogP contribution in [0.4, 0.5) is 0 Å². The summed E-state index contributed by atoms with van der Waals surface area (Å²) >= 11 is 1.63. The van der Waals surface area contributed by atoms with Gasteiger partial charge in [-0.05, 0) is 31.5 Å². The van der Waals surface area contributed by atoms with Gasteiger partial charge in [0.1, 0.15) is 10.0 Å². The lowest BCUT2D eigenvalue weighted by Gasteiger charge is -2.04. The molecule has 0 fully saturated rings. The summed E-state index contributed by atoms with van der Waals surface area (Å²) < 4.78 is 0. The van der Waals surface area contributed by atoms with Crippen LogP contribution in [0.5, 0.6) is 0 Å². The molecule has 84 valence electrons. The van der Waals surface area contributed by atoms with Gasteiger partial charge in [0.15, 0.2) is 0 Å². The molecule has 1 aromatic heterocycles. The van der Waals surface area contributed by atoms with Crippen molar-refractivity contribution in [1.82, 2.24) is 10.2 Å². The molecule has 0 bridgehead atoms.